The molecule has 1 aliphatic heterocycles. The van der Waals surface area contributed by atoms with Crippen molar-refractivity contribution in [3.05, 3.63) is 62.8 Å². The van der Waals surface area contributed by atoms with Gasteiger partial charge < -0.3 is 10.5 Å². The SMILES string of the molecule is N[C@@H]1CC(c2ccc(Cl)c(Br)c2)Oc2cc(F)ccc21. The fraction of sp³-hybridized carbons (Fsp3) is 0.200. The molecule has 1 unspecified atom stereocenters. The standard InChI is InChI=1S/C15H12BrClFNO/c16-11-5-8(1-4-12(11)17)14-7-13(19)10-3-2-9(18)6-15(10)20-14/h1-6,13-14H,7,19H2/t13-,14?/m1/s1. The van der Waals surface area contributed by atoms with E-state index in [2.05, 4.69) is 15.9 Å². The van der Waals surface area contributed by atoms with Gasteiger partial charge in [0.05, 0.1) is 5.02 Å². The van der Waals surface area contributed by atoms with E-state index in [1.807, 2.05) is 12.1 Å². The van der Waals surface area contributed by atoms with Crippen LogP contribution in [0.15, 0.2) is 40.9 Å². The van der Waals surface area contributed by atoms with E-state index in [0.29, 0.717) is 17.2 Å². The predicted molar refractivity (Wildman–Crippen MR) is 80.5 cm³/mol. The first-order valence-electron chi connectivity index (χ1n) is 6.21. The quantitative estimate of drug-likeness (QED) is 0.799. The van der Waals surface area contributed by atoms with E-state index in [1.165, 1.54) is 12.1 Å². The number of hydrogen-bond acceptors (Lipinski definition) is 2. The van der Waals surface area contributed by atoms with E-state index < -0.39 is 0 Å². The van der Waals surface area contributed by atoms with Crippen LogP contribution in [0, 0.1) is 5.82 Å². The number of nitrogens with two attached hydrogens (primary N) is 1. The second-order valence-corrected chi connectivity index (χ2v) is 6.07. The second-order valence-electron chi connectivity index (χ2n) is 4.80. The molecule has 3 rings (SSSR count). The van der Waals surface area contributed by atoms with E-state index in [0.717, 1.165) is 15.6 Å². The molecular weight excluding hydrogens is 345 g/mol. The van der Waals surface area contributed by atoms with Crippen molar-refractivity contribution in [1.82, 2.24) is 0 Å². The Hall–Kier alpha value is -1.10. The molecule has 2 atom stereocenters. The zero-order valence-electron chi connectivity index (χ0n) is 10.4. The van der Waals surface area contributed by atoms with Crippen LogP contribution in [0.1, 0.15) is 29.7 Å². The molecule has 0 fully saturated rings. The van der Waals surface area contributed by atoms with Crippen LogP contribution >= 0.6 is 27.5 Å². The van der Waals surface area contributed by atoms with E-state index in [9.17, 15) is 4.39 Å². The Labute approximate surface area is 129 Å². The lowest BCUT2D eigenvalue weighted by molar-refractivity contribution is 0.160. The third-order valence-electron chi connectivity index (χ3n) is 3.43. The van der Waals surface area contributed by atoms with Crippen molar-refractivity contribution in [3.63, 3.8) is 0 Å². The average Bonchev–Trinajstić information content (AvgIpc) is 2.41. The maximum absolute atomic E-state index is 13.3. The molecule has 0 aromatic heterocycles. The number of hydrogen-bond donors (Lipinski definition) is 1. The molecule has 5 heteroatoms. The summed E-state index contributed by atoms with van der Waals surface area (Å²) in [4.78, 5) is 0. The van der Waals surface area contributed by atoms with Crippen molar-refractivity contribution in [1.29, 1.82) is 0 Å². The van der Waals surface area contributed by atoms with Crippen molar-refractivity contribution in [2.24, 2.45) is 5.73 Å². The number of ether oxygens (including phenoxy) is 1. The third kappa shape index (κ3) is 2.55. The molecule has 104 valence electrons. The highest BCUT2D eigenvalue weighted by Crippen LogP contribution is 2.40. The third-order valence-corrected chi connectivity index (χ3v) is 4.64. The molecule has 0 spiro atoms. The minimum absolute atomic E-state index is 0.168. The summed E-state index contributed by atoms with van der Waals surface area (Å²) in [6.45, 7) is 0. The first-order valence-corrected chi connectivity index (χ1v) is 7.38. The summed E-state index contributed by atoms with van der Waals surface area (Å²) < 4.78 is 20.0. The Kier molecular flexibility index (Phi) is 3.71. The second kappa shape index (κ2) is 5.35. The molecule has 1 aliphatic rings. The highest BCUT2D eigenvalue weighted by molar-refractivity contribution is 9.10. The Bertz CT molecular complexity index is 664. The van der Waals surface area contributed by atoms with E-state index >= 15 is 0 Å². The zero-order valence-corrected chi connectivity index (χ0v) is 12.8. The van der Waals surface area contributed by atoms with E-state index in [4.69, 9.17) is 22.1 Å². The molecule has 0 bridgehead atoms. The summed E-state index contributed by atoms with van der Waals surface area (Å²) in [5.74, 6) is 0.189. The molecule has 2 N–H and O–H groups in total. The molecule has 2 nitrogen and oxygen atoms in total. The van der Waals surface area contributed by atoms with Gasteiger partial charge in [-0.2, -0.15) is 0 Å². The predicted octanol–water partition coefficient (Wildman–Crippen LogP) is 4.77. The first kappa shape index (κ1) is 13.9. The van der Waals surface area contributed by atoms with E-state index in [-0.39, 0.29) is 18.0 Å². The number of halogens is 3. The van der Waals surface area contributed by atoms with Gasteiger partial charge in [-0.25, -0.2) is 4.39 Å². The monoisotopic (exact) mass is 355 g/mol. The number of rotatable bonds is 1. The summed E-state index contributed by atoms with van der Waals surface area (Å²) in [6, 6.07) is 9.91. The van der Waals surface area contributed by atoms with Gasteiger partial charge in [0.1, 0.15) is 17.7 Å². The molecule has 2 aromatic rings. The van der Waals surface area contributed by atoms with Gasteiger partial charge in [-0.1, -0.05) is 23.7 Å². The smallest absolute Gasteiger partial charge is 0.127 e. The van der Waals surface area contributed by atoms with Crippen LogP contribution in [0.3, 0.4) is 0 Å². The van der Waals surface area contributed by atoms with Gasteiger partial charge in [0.25, 0.3) is 0 Å². The Morgan fingerprint density at radius 3 is 2.80 bits per heavy atom. The van der Waals surface area contributed by atoms with Crippen LogP contribution in [0.5, 0.6) is 5.75 Å². The van der Waals surface area contributed by atoms with Crippen LogP contribution in [0.25, 0.3) is 0 Å². The molecule has 0 aliphatic carbocycles. The van der Waals surface area contributed by atoms with Crippen molar-refractivity contribution in [3.8, 4) is 5.75 Å². The maximum atomic E-state index is 13.3. The fourth-order valence-corrected chi connectivity index (χ4v) is 2.91. The van der Waals surface area contributed by atoms with E-state index in [1.54, 1.807) is 12.1 Å². The van der Waals surface area contributed by atoms with Gasteiger partial charge in [-0.3, -0.25) is 0 Å². The molecule has 0 saturated carbocycles. The zero-order chi connectivity index (χ0) is 14.3. The van der Waals surface area contributed by atoms with Gasteiger partial charge in [0.2, 0.25) is 0 Å². The molecule has 1 heterocycles. The van der Waals surface area contributed by atoms with Crippen molar-refractivity contribution >= 4 is 27.5 Å². The topological polar surface area (TPSA) is 35.2 Å². The largest absolute Gasteiger partial charge is 0.485 e. The highest BCUT2D eigenvalue weighted by atomic mass is 79.9. The molecule has 0 saturated heterocycles. The van der Waals surface area contributed by atoms with Crippen LogP contribution in [0.2, 0.25) is 5.02 Å². The van der Waals surface area contributed by atoms with Crippen molar-refractivity contribution < 1.29 is 9.13 Å². The molecule has 20 heavy (non-hydrogen) atoms. The van der Waals surface area contributed by atoms with Crippen molar-refractivity contribution in [2.75, 3.05) is 0 Å². The van der Waals surface area contributed by atoms with Gasteiger partial charge in [0.15, 0.2) is 0 Å². The summed E-state index contributed by atoms with van der Waals surface area (Å²) in [5, 5.41) is 0.639. The maximum Gasteiger partial charge on any atom is 0.127 e. The minimum atomic E-state index is -0.325. The summed E-state index contributed by atoms with van der Waals surface area (Å²) in [5.41, 5.74) is 7.96. The average molecular weight is 357 g/mol. The van der Waals surface area contributed by atoms with Crippen LogP contribution in [-0.4, -0.2) is 0 Å². The van der Waals surface area contributed by atoms with Gasteiger partial charge in [-0.15, -0.1) is 0 Å². The van der Waals surface area contributed by atoms with Gasteiger partial charge in [0, 0.05) is 28.6 Å². The van der Waals surface area contributed by atoms with Gasteiger partial charge in [-0.05, 0) is 39.7 Å². The lowest BCUT2D eigenvalue weighted by atomic mass is 9.93. The molecule has 2 aromatic carbocycles. The highest BCUT2D eigenvalue weighted by Gasteiger charge is 2.27. The summed E-state index contributed by atoms with van der Waals surface area (Å²) in [6.07, 6.45) is 0.444. The van der Waals surface area contributed by atoms with Crippen LogP contribution in [0.4, 0.5) is 4.39 Å². The Morgan fingerprint density at radius 1 is 1.25 bits per heavy atom. The number of benzene rings is 2. The number of fused-ring (bicyclic) bond motifs is 1. The lowest BCUT2D eigenvalue weighted by Gasteiger charge is -2.30. The fourth-order valence-electron chi connectivity index (χ4n) is 2.39. The molecule has 0 radical (unpaired) electrons. The summed E-state index contributed by atoms with van der Waals surface area (Å²) in [7, 11) is 0. The normalized spacial score (nSPS) is 21.2. The summed E-state index contributed by atoms with van der Waals surface area (Å²) >= 11 is 9.38. The van der Waals surface area contributed by atoms with Crippen LogP contribution < -0.4 is 10.5 Å². The molecular formula is C15H12BrClFNO. The van der Waals surface area contributed by atoms with Crippen molar-refractivity contribution in [2.45, 2.75) is 18.6 Å². The Morgan fingerprint density at radius 2 is 2.05 bits per heavy atom. The lowest BCUT2D eigenvalue weighted by Crippen LogP contribution is -2.24. The van der Waals surface area contributed by atoms with Crippen LogP contribution in [-0.2, 0) is 0 Å². The first-order chi connectivity index (χ1) is 9.54. The minimum Gasteiger partial charge on any atom is -0.485 e. The molecule has 0 amide bonds. The van der Waals surface area contributed by atoms with Gasteiger partial charge >= 0.3 is 0 Å². The Balaban J connectivity index is 1.96.